The number of piperazine rings is 1. The first-order chi connectivity index (χ1) is 17.9. The fourth-order valence-electron chi connectivity index (χ4n) is 4.77. The van der Waals surface area contributed by atoms with Crippen LogP contribution in [0.15, 0.2) is 58.0 Å². The molecule has 1 aromatic carbocycles. The maximum atomic E-state index is 13.4. The van der Waals surface area contributed by atoms with E-state index in [0.717, 1.165) is 28.2 Å². The third kappa shape index (κ3) is 4.83. The maximum absolute atomic E-state index is 13.4. The van der Waals surface area contributed by atoms with E-state index in [2.05, 4.69) is 26.4 Å². The molecule has 0 amide bonds. The van der Waals surface area contributed by atoms with Gasteiger partial charge in [-0.3, -0.25) is 9.78 Å². The Hall–Kier alpha value is -4.09. The SMILES string of the molecule is Cc1cc([C@@H](C)Nc2ccc(Cl)nc2N2CCN(C#N)CC2)c2oc(-c3cccnc3)c(C)c(=O)c2c1. The molecule has 0 spiro atoms. The minimum Gasteiger partial charge on any atom is -0.455 e. The largest absolute Gasteiger partial charge is 0.455 e. The van der Waals surface area contributed by atoms with Crippen molar-refractivity contribution >= 4 is 34.1 Å². The number of aryl methyl sites for hydroxylation is 1. The zero-order chi connectivity index (χ0) is 26.1. The Morgan fingerprint density at radius 1 is 1.16 bits per heavy atom. The van der Waals surface area contributed by atoms with Gasteiger partial charge in [-0.25, -0.2) is 4.98 Å². The van der Waals surface area contributed by atoms with Gasteiger partial charge in [0.15, 0.2) is 17.4 Å². The molecule has 1 N–H and O–H groups in total. The van der Waals surface area contributed by atoms with Gasteiger partial charge in [0.1, 0.15) is 16.5 Å². The first kappa shape index (κ1) is 24.6. The molecule has 0 saturated carbocycles. The van der Waals surface area contributed by atoms with Crippen LogP contribution in [0.4, 0.5) is 11.5 Å². The lowest BCUT2D eigenvalue weighted by atomic mass is 9.99. The first-order valence-electron chi connectivity index (χ1n) is 12.2. The predicted molar refractivity (Wildman–Crippen MR) is 146 cm³/mol. The van der Waals surface area contributed by atoms with Gasteiger partial charge in [-0.05, 0) is 56.7 Å². The highest BCUT2D eigenvalue weighted by atomic mass is 35.5. The predicted octanol–water partition coefficient (Wildman–Crippen LogP) is 5.30. The van der Waals surface area contributed by atoms with Gasteiger partial charge in [-0.15, -0.1) is 0 Å². The molecular formula is C28H27ClN6O2. The van der Waals surface area contributed by atoms with Gasteiger partial charge in [-0.2, -0.15) is 5.26 Å². The van der Waals surface area contributed by atoms with Crippen LogP contribution < -0.4 is 15.6 Å². The second-order valence-electron chi connectivity index (χ2n) is 9.30. The molecule has 4 heterocycles. The molecule has 3 aromatic heterocycles. The number of aromatic nitrogens is 2. The van der Waals surface area contributed by atoms with Crippen molar-refractivity contribution in [3.63, 3.8) is 0 Å². The number of fused-ring (bicyclic) bond motifs is 1. The van der Waals surface area contributed by atoms with Crippen LogP contribution >= 0.6 is 11.6 Å². The summed E-state index contributed by atoms with van der Waals surface area (Å²) in [5.74, 6) is 1.26. The number of nitriles is 1. The van der Waals surface area contributed by atoms with Crippen molar-refractivity contribution < 1.29 is 4.42 Å². The number of halogens is 1. The molecule has 1 fully saturated rings. The van der Waals surface area contributed by atoms with E-state index in [0.29, 0.717) is 53.6 Å². The number of nitrogens with one attached hydrogen (secondary N) is 1. The average molecular weight is 515 g/mol. The van der Waals surface area contributed by atoms with Crippen molar-refractivity contribution in [1.29, 1.82) is 5.26 Å². The van der Waals surface area contributed by atoms with Crippen LogP contribution in [0.25, 0.3) is 22.3 Å². The molecule has 37 heavy (non-hydrogen) atoms. The van der Waals surface area contributed by atoms with Crippen molar-refractivity contribution in [2.24, 2.45) is 0 Å². The van der Waals surface area contributed by atoms with Crippen molar-refractivity contribution in [3.8, 4) is 17.5 Å². The summed E-state index contributed by atoms with van der Waals surface area (Å²) in [5.41, 5.74) is 4.46. The van der Waals surface area contributed by atoms with Crippen molar-refractivity contribution in [3.05, 3.63) is 80.9 Å². The van der Waals surface area contributed by atoms with E-state index in [1.807, 2.05) is 44.2 Å². The molecular weight excluding hydrogens is 488 g/mol. The van der Waals surface area contributed by atoms with Crippen LogP contribution in [0.1, 0.15) is 29.7 Å². The average Bonchev–Trinajstić information content (AvgIpc) is 2.92. The lowest BCUT2D eigenvalue weighted by molar-refractivity contribution is 0.362. The van der Waals surface area contributed by atoms with Crippen LogP contribution in [0.2, 0.25) is 5.15 Å². The maximum Gasteiger partial charge on any atom is 0.196 e. The quantitative estimate of drug-likeness (QED) is 0.283. The highest BCUT2D eigenvalue weighted by Crippen LogP contribution is 2.34. The number of benzene rings is 1. The molecule has 188 valence electrons. The topological polar surface area (TPSA) is 98.3 Å². The molecule has 8 nitrogen and oxygen atoms in total. The molecule has 0 unspecified atom stereocenters. The Kier molecular flexibility index (Phi) is 6.72. The van der Waals surface area contributed by atoms with E-state index in [-0.39, 0.29) is 11.5 Å². The Balaban J connectivity index is 1.56. The number of hydrogen-bond donors (Lipinski definition) is 1. The smallest absolute Gasteiger partial charge is 0.196 e. The molecule has 1 aliphatic rings. The molecule has 5 rings (SSSR count). The zero-order valence-electron chi connectivity index (χ0n) is 21.0. The second kappa shape index (κ2) is 10.1. The molecule has 4 aromatic rings. The minimum absolute atomic E-state index is 0.0542. The van der Waals surface area contributed by atoms with E-state index in [1.165, 1.54) is 0 Å². The summed E-state index contributed by atoms with van der Waals surface area (Å²) in [6.07, 6.45) is 5.60. The lowest BCUT2D eigenvalue weighted by Gasteiger charge is -2.34. The third-order valence-corrected chi connectivity index (χ3v) is 6.93. The lowest BCUT2D eigenvalue weighted by Crippen LogP contribution is -2.44. The van der Waals surface area contributed by atoms with Gasteiger partial charge in [0, 0.05) is 55.3 Å². The number of anilines is 2. The van der Waals surface area contributed by atoms with Crippen molar-refractivity contribution in [1.82, 2.24) is 14.9 Å². The number of rotatable bonds is 5. The van der Waals surface area contributed by atoms with E-state index < -0.39 is 0 Å². The number of nitrogens with zero attached hydrogens (tertiary/aromatic N) is 5. The van der Waals surface area contributed by atoms with E-state index in [1.54, 1.807) is 30.3 Å². The summed E-state index contributed by atoms with van der Waals surface area (Å²) < 4.78 is 6.43. The van der Waals surface area contributed by atoms with Crippen LogP contribution in [0, 0.1) is 25.3 Å². The Morgan fingerprint density at radius 3 is 2.65 bits per heavy atom. The third-order valence-electron chi connectivity index (χ3n) is 6.72. The van der Waals surface area contributed by atoms with Crippen molar-refractivity contribution in [2.45, 2.75) is 26.8 Å². The van der Waals surface area contributed by atoms with Crippen LogP contribution in [0.3, 0.4) is 0 Å². The second-order valence-corrected chi connectivity index (χ2v) is 9.69. The van der Waals surface area contributed by atoms with Gasteiger partial charge in [0.2, 0.25) is 0 Å². The van der Waals surface area contributed by atoms with E-state index in [9.17, 15) is 10.1 Å². The number of pyridine rings is 2. The molecule has 0 radical (unpaired) electrons. The summed E-state index contributed by atoms with van der Waals surface area (Å²) in [6.45, 7) is 8.38. The molecule has 1 aliphatic heterocycles. The normalized spacial score (nSPS) is 14.5. The summed E-state index contributed by atoms with van der Waals surface area (Å²) >= 11 is 6.27. The summed E-state index contributed by atoms with van der Waals surface area (Å²) in [7, 11) is 0. The van der Waals surface area contributed by atoms with Gasteiger partial charge < -0.3 is 19.5 Å². The fourth-order valence-corrected chi connectivity index (χ4v) is 4.91. The van der Waals surface area contributed by atoms with Gasteiger partial charge in [-0.1, -0.05) is 17.7 Å². The molecule has 0 aliphatic carbocycles. The molecule has 1 atom stereocenters. The van der Waals surface area contributed by atoms with Gasteiger partial charge in [0.05, 0.1) is 17.1 Å². The molecule has 9 heteroatoms. The highest BCUT2D eigenvalue weighted by Gasteiger charge is 2.23. The van der Waals surface area contributed by atoms with E-state index in [4.69, 9.17) is 16.0 Å². The van der Waals surface area contributed by atoms with Crippen LogP contribution in [-0.4, -0.2) is 41.0 Å². The Labute approximate surface area is 220 Å². The van der Waals surface area contributed by atoms with Gasteiger partial charge >= 0.3 is 0 Å². The van der Waals surface area contributed by atoms with Crippen LogP contribution in [0.5, 0.6) is 0 Å². The highest BCUT2D eigenvalue weighted by molar-refractivity contribution is 6.29. The van der Waals surface area contributed by atoms with Crippen LogP contribution in [-0.2, 0) is 0 Å². The van der Waals surface area contributed by atoms with Gasteiger partial charge in [0.25, 0.3) is 0 Å². The summed E-state index contributed by atoms with van der Waals surface area (Å²) in [4.78, 5) is 26.1. The summed E-state index contributed by atoms with van der Waals surface area (Å²) in [6, 6.07) is 11.1. The summed E-state index contributed by atoms with van der Waals surface area (Å²) in [5, 5.41) is 13.7. The van der Waals surface area contributed by atoms with E-state index >= 15 is 0 Å². The first-order valence-corrected chi connectivity index (χ1v) is 12.5. The monoisotopic (exact) mass is 514 g/mol. The fraction of sp³-hybridized carbons (Fsp3) is 0.286. The Bertz CT molecular complexity index is 1560. The zero-order valence-corrected chi connectivity index (χ0v) is 21.7. The standard InChI is InChI=1S/C28H27ClN6O2/c1-17-13-21(27-22(14-17)25(36)18(2)26(37-27)20-5-4-8-31-15-20)19(3)32-23-6-7-24(29)33-28(23)35-11-9-34(16-30)10-12-35/h4-8,13-15,19,32H,9-12H2,1-3H3/t19-/m1/s1. The molecule has 1 saturated heterocycles. The van der Waals surface area contributed by atoms with Crippen molar-refractivity contribution in [2.75, 3.05) is 36.4 Å². The molecule has 0 bridgehead atoms. The minimum atomic E-state index is -0.211. The number of hydrogen-bond acceptors (Lipinski definition) is 8. The Morgan fingerprint density at radius 2 is 1.95 bits per heavy atom.